The molecular formula is C25H33NO5. The van der Waals surface area contributed by atoms with Crippen LogP contribution in [0.3, 0.4) is 0 Å². The Labute approximate surface area is 184 Å². The van der Waals surface area contributed by atoms with Crippen molar-refractivity contribution in [1.82, 2.24) is 5.32 Å². The van der Waals surface area contributed by atoms with Crippen LogP contribution in [-0.2, 0) is 20.9 Å². The third-order valence-corrected chi connectivity index (χ3v) is 4.69. The van der Waals surface area contributed by atoms with Crippen LogP contribution in [0.15, 0.2) is 30.3 Å². The second-order valence-corrected chi connectivity index (χ2v) is 8.58. The van der Waals surface area contributed by atoms with E-state index in [-0.39, 0.29) is 12.6 Å². The first-order valence-corrected chi connectivity index (χ1v) is 10.4. The van der Waals surface area contributed by atoms with Gasteiger partial charge in [0.05, 0.1) is 6.54 Å². The number of nitrogens with one attached hydrogen (secondary N) is 1. The van der Waals surface area contributed by atoms with Gasteiger partial charge in [-0.15, -0.1) is 0 Å². The van der Waals surface area contributed by atoms with Crippen molar-refractivity contribution in [3.8, 4) is 16.9 Å². The highest BCUT2D eigenvalue weighted by Gasteiger charge is 2.16. The molecule has 0 aliphatic heterocycles. The maximum atomic E-state index is 11.7. The molecule has 0 aliphatic rings. The molecule has 0 fully saturated rings. The molecule has 0 unspecified atom stereocenters. The summed E-state index contributed by atoms with van der Waals surface area (Å²) in [6.07, 6.45) is -0.456. The number of carbonyl (C=O) groups excluding carboxylic acids is 2. The molecule has 1 N–H and O–H groups in total. The van der Waals surface area contributed by atoms with Crippen molar-refractivity contribution < 1.29 is 23.8 Å². The quantitative estimate of drug-likeness (QED) is 0.483. The number of carbonyl (C=O) groups is 2. The zero-order chi connectivity index (χ0) is 23.2. The predicted molar refractivity (Wildman–Crippen MR) is 121 cm³/mol. The van der Waals surface area contributed by atoms with Gasteiger partial charge in [-0.1, -0.05) is 18.2 Å². The van der Waals surface area contributed by atoms with Crippen molar-refractivity contribution in [2.24, 2.45) is 0 Å². The number of hydrogen-bond acceptors (Lipinski definition) is 5. The van der Waals surface area contributed by atoms with Gasteiger partial charge in [0.15, 0.2) is 0 Å². The van der Waals surface area contributed by atoms with Gasteiger partial charge < -0.3 is 19.5 Å². The highest BCUT2D eigenvalue weighted by Crippen LogP contribution is 2.34. The Bertz CT molecular complexity index is 920. The summed E-state index contributed by atoms with van der Waals surface area (Å²) in [5, 5.41) is 2.69. The summed E-state index contributed by atoms with van der Waals surface area (Å²) in [4.78, 5) is 22.9. The van der Waals surface area contributed by atoms with Crippen LogP contribution in [0.4, 0.5) is 4.79 Å². The molecule has 6 nitrogen and oxygen atoms in total. The van der Waals surface area contributed by atoms with Gasteiger partial charge in [0, 0.05) is 6.92 Å². The second kappa shape index (κ2) is 10.3. The molecule has 6 heteroatoms. The molecule has 0 saturated carbocycles. The predicted octanol–water partition coefficient (Wildman–Crippen LogP) is 5.25. The van der Waals surface area contributed by atoms with Crippen LogP contribution >= 0.6 is 0 Å². The van der Waals surface area contributed by atoms with Crippen molar-refractivity contribution >= 4 is 12.1 Å². The molecule has 2 aromatic carbocycles. The molecule has 1 amide bonds. The van der Waals surface area contributed by atoms with Gasteiger partial charge in [-0.2, -0.15) is 0 Å². The Balaban J connectivity index is 2.08. The summed E-state index contributed by atoms with van der Waals surface area (Å²) in [6, 6.07) is 10.0. The fourth-order valence-corrected chi connectivity index (χ4v) is 3.36. The lowest BCUT2D eigenvalue weighted by molar-refractivity contribution is -0.142. The lowest BCUT2D eigenvalue weighted by atomic mass is 9.90. The maximum Gasteiger partial charge on any atom is 0.407 e. The topological polar surface area (TPSA) is 73.9 Å². The van der Waals surface area contributed by atoms with Crippen LogP contribution in [-0.4, -0.2) is 30.8 Å². The van der Waals surface area contributed by atoms with E-state index in [9.17, 15) is 9.59 Å². The Hall–Kier alpha value is -3.02. The van der Waals surface area contributed by atoms with Gasteiger partial charge in [0.1, 0.15) is 24.6 Å². The summed E-state index contributed by atoms with van der Waals surface area (Å²) < 4.78 is 16.2. The second-order valence-electron chi connectivity index (χ2n) is 8.58. The molecule has 2 rings (SSSR count). The van der Waals surface area contributed by atoms with Crippen molar-refractivity contribution in [2.45, 2.75) is 60.7 Å². The minimum atomic E-state index is -0.525. The lowest BCUT2D eigenvalue weighted by Gasteiger charge is -2.20. The number of hydrogen-bond donors (Lipinski definition) is 1. The van der Waals surface area contributed by atoms with E-state index in [4.69, 9.17) is 14.2 Å². The van der Waals surface area contributed by atoms with Crippen molar-refractivity contribution in [3.05, 3.63) is 52.6 Å². The molecule has 0 atom stereocenters. The van der Waals surface area contributed by atoms with Crippen molar-refractivity contribution in [1.29, 1.82) is 0 Å². The van der Waals surface area contributed by atoms with Gasteiger partial charge in [-0.3, -0.25) is 4.79 Å². The van der Waals surface area contributed by atoms with Gasteiger partial charge in [-0.25, -0.2) is 4.79 Å². The SMILES string of the molecule is CC(=O)OCc1cccc(-c2c(C)cc(OCCNC(=O)OC(C)(C)C)cc2C)c1C. The van der Waals surface area contributed by atoms with Crippen LogP contribution in [0.1, 0.15) is 49.9 Å². The summed E-state index contributed by atoms with van der Waals surface area (Å²) in [6.45, 7) is 14.0. The number of benzene rings is 2. The molecule has 31 heavy (non-hydrogen) atoms. The van der Waals surface area contributed by atoms with Crippen LogP contribution in [0.2, 0.25) is 0 Å². The largest absolute Gasteiger partial charge is 0.492 e. The Morgan fingerprint density at radius 2 is 1.68 bits per heavy atom. The monoisotopic (exact) mass is 427 g/mol. The van der Waals surface area contributed by atoms with Gasteiger partial charge in [0.25, 0.3) is 0 Å². The number of esters is 1. The van der Waals surface area contributed by atoms with Crippen molar-refractivity contribution in [3.63, 3.8) is 0 Å². The highest BCUT2D eigenvalue weighted by atomic mass is 16.6. The summed E-state index contributed by atoms with van der Waals surface area (Å²) in [7, 11) is 0. The molecular weight excluding hydrogens is 394 g/mol. The zero-order valence-corrected chi connectivity index (χ0v) is 19.5. The van der Waals surface area contributed by atoms with E-state index >= 15 is 0 Å². The third kappa shape index (κ3) is 7.31. The number of amides is 1. The Morgan fingerprint density at radius 3 is 2.26 bits per heavy atom. The normalized spacial score (nSPS) is 11.1. The van der Waals surface area contributed by atoms with Gasteiger partial charge in [0.2, 0.25) is 0 Å². The number of rotatable bonds is 7. The first kappa shape index (κ1) is 24.3. The first-order valence-electron chi connectivity index (χ1n) is 10.4. The summed E-state index contributed by atoms with van der Waals surface area (Å²) in [5.41, 5.74) is 5.97. The summed E-state index contributed by atoms with van der Waals surface area (Å²) in [5.74, 6) is 0.457. The fourth-order valence-electron chi connectivity index (χ4n) is 3.36. The molecule has 0 heterocycles. The fraction of sp³-hybridized carbons (Fsp3) is 0.440. The molecule has 0 aromatic heterocycles. The highest BCUT2D eigenvalue weighted by molar-refractivity contribution is 5.75. The average molecular weight is 428 g/mol. The molecule has 0 aliphatic carbocycles. The Morgan fingerprint density at radius 1 is 1.03 bits per heavy atom. The third-order valence-electron chi connectivity index (χ3n) is 4.69. The van der Waals surface area contributed by atoms with E-state index < -0.39 is 11.7 Å². The molecule has 168 valence electrons. The van der Waals surface area contributed by atoms with E-state index in [2.05, 4.69) is 11.4 Å². The van der Waals surface area contributed by atoms with E-state index in [1.807, 2.05) is 65.8 Å². The Kier molecular flexibility index (Phi) is 8.08. The lowest BCUT2D eigenvalue weighted by Crippen LogP contribution is -2.34. The molecule has 0 radical (unpaired) electrons. The molecule has 0 saturated heterocycles. The molecule has 2 aromatic rings. The average Bonchev–Trinajstić information content (AvgIpc) is 2.63. The van der Waals surface area contributed by atoms with E-state index in [1.54, 1.807) is 0 Å². The van der Waals surface area contributed by atoms with Gasteiger partial charge >= 0.3 is 12.1 Å². The van der Waals surface area contributed by atoms with E-state index in [0.29, 0.717) is 13.2 Å². The molecule has 0 bridgehead atoms. The zero-order valence-electron chi connectivity index (χ0n) is 19.5. The standard InChI is InChI=1S/C25H33NO5/c1-16-13-21(29-12-11-26-24(28)31-25(5,6)7)14-17(2)23(16)22-10-8-9-20(18(22)3)15-30-19(4)27/h8-10,13-14H,11-12,15H2,1-7H3,(H,26,28). The van der Waals surface area contributed by atoms with Crippen LogP contribution in [0.5, 0.6) is 5.75 Å². The van der Waals surface area contributed by atoms with Crippen LogP contribution in [0.25, 0.3) is 11.1 Å². The number of alkyl carbamates (subject to hydrolysis) is 1. The first-order chi connectivity index (χ1) is 14.5. The maximum absolute atomic E-state index is 11.7. The van der Waals surface area contributed by atoms with Crippen LogP contribution in [0, 0.1) is 20.8 Å². The van der Waals surface area contributed by atoms with Crippen molar-refractivity contribution in [2.75, 3.05) is 13.2 Å². The van der Waals surface area contributed by atoms with E-state index in [1.165, 1.54) is 6.92 Å². The van der Waals surface area contributed by atoms with Gasteiger partial charge in [-0.05, 0) is 87.1 Å². The molecule has 0 spiro atoms. The smallest absolute Gasteiger partial charge is 0.407 e. The minimum absolute atomic E-state index is 0.263. The number of ether oxygens (including phenoxy) is 3. The minimum Gasteiger partial charge on any atom is -0.492 e. The van der Waals surface area contributed by atoms with Crippen LogP contribution < -0.4 is 10.1 Å². The number of aryl methyl sites for hydroxylation is 2. The van der Waals surface area contributed by atoms with E-state index in [0.717, 1.165) is 39.1 Å². The summed E-state index contributed by atoms with van der Waals surface area (Å²) >= 11 is 0.